The van der Waals surface area contributed by atoms with Crippen molar-refractivity contribution < 1.29 is 33.0 Å². The Kier molecular flexibility index (Phi) is 7.76. The minimum Gasteiger partial charge on any atom is -0.480 e. The summed E-state index contributed by atoms with van der Waals surface area (Å²) in [6.07, 6.45) is -3.62. The molecular formula is C24H24F2N2O5. The second-order valence-electron chi connectivity index (χ2n) is 7.57. The highest BCUT2D eigenvalue weighted by molar-refractivity contribution is 5.82. The van der Waals surface area contributed by atoms with E-state index in [0.717, 1.165) is 27.2 Å². The van der Waals surface area contributed by atoms with E-state index in [2.05, 4.69) is 6.58 Å². The van der Waals surface area contributed by atoms with E-state index in [0.29, 0.717) is 0 Å². The molecule has 0 saturated heterocycles. The van der Waals surface area contributed by atoms with E-state index in [1.54, 1.807) is 0 Å². The summed E-state index contributed by atoms with van der Waals surface area (Å²) < 4.78 is 32.2. The summed E-state index contributed by atoms with van der Waals surface area (Å²) in [7, 11) is 0. The van der Waals surface area contributed by atoms with Crippen molar-refractivity contribution in [3.8, 4) is 11.1 Å². The van der Waals surface area contributed by atoms with Crippen molar-refractivity contribution in [2.75, 3.05) is 19.7 Å². The summed E-state index contributed by atoms with van der Waals surface area (Å²) >= 11 is 0. The van der Waals surface area contributed by atoms with E-state index in [1.807, 2.05) is 53.8 Å². The number of halogens is 2. The van der Waals surface area contributed by atoms with E-state index < -0.39 is 43.4 Å². The molecule has 1 aliphatic rings. The number of alkyl halides is 2. The number of nitrogens with one attached hydrogen (secondary N) is 1. The molecule has 2 aromatic carbocycles. The van der Waals surface area contributed by atoms with Crippen LogP contribution in [-0.4, -0.2) is 60.1 Å². The maximum absolute atomic E-state index is 13.5. The van der Waals surface area contributed by atoms with Crippen LogP contribution in [-0.2, 0) is 14.3 Å². The molecule has 7 nitrogen and oxygen atoms in total. The largest absolute Gasteiger partial charge is 0.480 e. The highest BCUT2D eigenvalue weighted by Crippen LogP contribution is 2.44. The van der Waals surface area contributed by atoms with E-state index >= 15 is 0 Å². The van der Waals surface area contributed by atoms with Gasteiger partial charge in [-0.25, -0.2) is 13.6 Å². The van der Waals surface area contributed by atoms with Crippen molar-refractivity contribution in [3.63, 3.8) is 0 Å². The quantitative estimate of drug-likeness (QED) is 0.530. The van der Waals surface area contributed by atoms with Crippen LogP contribution in [0.5, 0.6) is 0 Å². The fourth-order valence-corrected chi connectivity index (χ4v) is 3.89. The molecule has 1 atom stereocenters. The van der Waals surface area contributed by atoms with Gasteiger partial charge >= 0.3 is 12.1 Å². The van der Waals surface area contributed by atoms with Gasteiger partial charge in [0.15, 0.2) is 0 Å². The second-order valence-corrected chi connectivity index (χ2v) is 7.57. The number of hydrogen-bond donors (Lipinski definition) is 2. The lowest BCUT2D eigenvalue weighted by atomic mass is 9.98. The Labute approximate surface area is 189 Å². The number of fused-ring (bicyclic) bond motifs is 3. The monoisotopic (exact) mass is 458 g/mol. The van der Waals surface area contributed by atoms with Crippen molar-refractivity contribution in [2.24, 2.45) is 0 Å². The summed E-state index contributed by atoms with van der Waals surface area (Å²) in [4.78, 5) is 36.4. The van der Waals surface area contributed by atoms with E-state index in [-0.39, 0.29) is 19.1 Å². The molecule has 0 aliphatic heterocycles. The third-order valence-corrected chi connectivity index (χ3v) is 5.37. The Morgan fingerprint density at radius 1 is 1.09 bits per heavy atom. The van der Waals surface area contributed by atoms with Crippen LogP contribution in [0.2, 0.25) is 0 Å². The zero-order valence-electron chi connectivity index (χ0n) is 17.7. The summed E-state index contributed by atoms with van der Waals surface area (Å²) in [6.45, 7) is 2.58. The summed E-state index contributed by atoms with van der Waals surface area (Å²) in [5.74, 6) is -2.38. The first-order chi connectivity index (χ1) is 15.8. The molecule has 3 rings (SSSR count). The number of rotatable bonds is 10. The van der Waals surface area contributed by atoms with Gasteiger partial charge in [-0.1, -0.05) is 54.6 Å². The average Bonchev–Trinajstić information content (AvgIpc) is 3.10. The number of aliphatic carboxylic acids is 1. The zero-order chi connectivity index (χ0) is 24.0. The molecule has 174 valence electrons. The fourth-order valence-electron chi connectivity index (χ4n) is 3.89. The molecule has 9 heteroatoms. The van der Waals surface area contributed by atoms with Gasteiger partial charge in [-0.3, -0.25) is 9.59 Å². The van der Waals surface area contributed by atoms with Crippen LogP contribution in [0, 0.1) is 0 Å². The molecule has 0 heterocycles. The molecular weight excluding hydrogens is 434 g/mol. The second kappa shape index (κ2) is 10.7. The number of carbonyl (C=O) groups excluding carboxylic acids is 2. The van der Waals surface area contributed by atoms with Crippen molar-refractivity contribution >= 4 is 18.0 Å². The number of amides is 2. The smallest absolute Gasteiger partial charge is 0.407 e. The first-order valence-electron chi connectivity index (χ1n) is 10.3. The molecule has 2 N–H and O–H groups in total. The number of carboxylic acid groups (broad SMARTS) is 1. The number of carbonyl (C=O) groups is 3. The Hall–Kier alpha value is -3.75. The van der Waals surface area contributed by atoms with Crippen molar-refractivity contribution in [1.82, 2.24) is 10.2 Å². The van der Waals surface area contributed by atoms with Gasteiger partial charge in [0.05, 0.1) is 6.42 Å². The molecule has 0 fully saturated rings. The van der Waals surface area contributed by atoms with Gasteiger partial charge < -0.3 is 20.1 Å². The molecule has 2 amide bonds. The number of nitrogens with zero attached hydrogens (tertiary/aromatic N) is 1. The molecule has 1 unspecified atom stereocenters. The van der Waals surface area contributed by atoms with Gasteiger partial charge in [-0.05, 0) is 22.3 Å². The highest BCUT2D eigenvalue weighted by Gasteiger charge is 2.31. The summed E-state index contributed by atoms with van der Waals surface area (Å²) in [6, 6.07) is 13.6. The summed E-state index contributed by atoms with van der Waals surface area (Å²) in [5.41, 5.74) is 4.00. The molecule has 2 aromatic rings. The topological polar surface area (TPSA) is 95.9 Å². The Morgan fingerprint density at radius 2 is 1.67 bits per heavy atom. The number of ether oxygens (including phenoxy) is 1. The molecule has 33 heavy (non-hydrogen) atoms. The zero-order valence-corrected chi connectivity index (χ0v) is 17.7. The Morgan fingerprint density at radius 3 is 2.18 bits per heavy atom. The van der Waals surface area contributed by atoms with Crippen LogP contribution in [0.4, 0.5) is 13.6 Å². The minimum atomic E-state index is -3.05. The SMILES string of the molecule is C=CCN(CC(=O)O)C(=O)CC(NC(=O)OCC1c2ccccc2-c2ccccc21)C(F)F. The molecule has 0 radical (unpaired) electrons. The third-order valence-electron chi connectivity index (χ3n) is 5.37. The molecule has 0 saturated carbocycles. The molecule has 0 spiro atoms. The van der Waals surface area contributed by atoms with Crippen LogP contribution >= 0.6 is 0 Å². The molecule has 1 aliphatic carbocycles. The predicted molar refractivity (Wildman–Crippen MR) is 117 cm³/mol. The van der Waals surface area contributed by atoms with Crippen molar-refractivity contribution in [1.29, 1.82) is 0 Å². The van der Waals surface area contributed by atoms with Crippen LogP contribution < -0.4 is 5.32 Å². The third kappa shape index (κ3) is 5.74. The summed E-state index contributed by atoms with van der Waals surface area (Å²) in [5, 5.41) is 10.9. The first kappa shape index (κ1) is 23.9. The number of benzene rings is 2. The van der Waals surface area contributed by atoms with Crippen molar-refractivity contribution in [3.05, 3.63) is 72.3 Å². The predicted octanol–water partition coefficient (Wildman–Crippen LogP) is 3.65. The van der Waals surface area contributed by atoms with Crippen molar-refractivity contribution in [2.45, 2.75) is 24.8 Å². The van der Waals surface area contributed by atoms with E-state index in [1.165, 1.54) is 6.08 Å². The normalized spacial score (nSPS) is 13.1. The molecule has 0 bridgehead atoms. The van der Waals surface area contributed by atoms with Gasteiger partial charge in [0.25, 0.3) is 6.43 Å². The maximum Gasteiger partial charge on any atom is 0.407 e. The lowest BCUT2D eigenvalue weighted by Gasteiger charge is -2.23. The maximum atomic E-state index is 13.5. The number of alkyl carbamates (subject to hydrolysis) is 1. The van der Waals surface area contributed by atoms with Gasteiger partial charge in [-0.2, -0.15) is 0 Å². The lowest BCUT2D eigenvalue weighted by Crippen LogP contribution is -2.45. The highest BCUT2D eigenvalue weighted by atomic mass is 19.3. The van der Waals surface area contributed by atoms with Crippen LogP contribution in [0.25, 0.3) is 11.1 Å². The van der Waals surface area contributed by atoms with Gasteiger partial charge in [0, 0.05) is 12.5 Å². The number of hydrogen-bond acceptors (Lipinski definition) is 4. The standard InChI is InChI=1S/C24H24F2N2O5/c1-2-11-28(13-22(30)31)21(29)12-20(23(25)26)27-24(32)33-14-19-17-9-5-3-7-15(17)16-8-4-6-10-18(16)19/h2-10,19-20,23H,1,11-14H2,(H,27,32)(H,30,31). The van der Waals surface area contributed by atoms with Gasteiger partial charge in [0.2, 0.25) is 5.91 Å². The van der Waals surface area contributed by atoms with Crippen LogP contribution in [0.15, 0.2) is 61.2 Å². The average molecular weight is 458 g/mol. The van der Waals surface area contributed by atoms with Gasteiger partial charge in [-0.15, -0.1) is 6.58 Å². The van der Waals surface area contributed by atoms with E-state index in [9.17, 15) is 23.2 Å². The minimum absolute atomic E-state index is 0.0641. The fraction of sp³-hybridized carbons (Fsp3) is 0.292. The van der Waals surface area contributed by atoms with Gasteiger partial charge in [0.1, 0.15) is 19.2 Å². The lowest BCUT2D eigenvalue weighted by molar-refractivity contribution is -0.144. The van der Waals surface area contributed by atoms with Crippen LogP contribution in [0.3, 0.4) is 0 Å². The Balaban J connectivity index is 1.63. The number of carboxylic acids is 1. The molecule has 0 aromatic heterocycles. The van der Waals surface area contributed by atoms with Crippen LogP contribution in [0.1, 0.15) is 23.5 Å². The Bertz CT molecular complexity index is 998. The first-order valence-corrected chi connectivity index (χ1v) is 10.3. The van der Waals surface area contributed by atoms with E-state index in [4.69, 9.17) is 9.84 Å².